The average molecular weight is 261 g/mol. The third-order valence-electron chi connectivity index (χ3n) is 2.45. The molecule has 0 bridgehead atoms. The highest BCUT2D eigenvalue weighted by Crippen LogP contribution is 2.28. The lowest BCUT2D eigenvalue weighted by molar-refractivity contribution is 0.348. The van der Waals surface area contributed by atoms with Crippen molar-refractivity contribution in [3.63, 3.8) is 0 Å². The summed E-state index contributed by atoms with van der Waals surface area (Å²) in [5, 5.41) is 0. The standard InChI is InChI=1S/C13H15N3O3/c1-8-4-5-9(14)10(6-8)19-13-15-11(17-2)7-12(16-13)18-3/h4-7H,14H2,1-3H3. The van der Waals surface area contributed by atoms with Crippen LogP contribution < -0.4 is 19.9 Å². The van der Waals surface area contributed by atoms with E-state index in [0.717, 1.165) is 5.56 Å². The van der Waals surface area contributed by atoms with Gasteiger partial charge in [0.05, 0.1) is 26.0 Å². The number of methoxy groups -OCH3 is 2. The molecule has 0 amide bonds. The normalized spacial score (nSPS) is 10.1. The molecule has 2 aromatic rings. The fraction of sp³-hybridized carbons (Fsp3) is 0.231. The zero-order valence-electron chi connectivity index (χ0n) is 11.0. The number of ether oxygens (including phenoxy) is 3. The predicted octanol–water partition coefficient (Wildman–Crippen LogP) is 2.18. The Kier molecular flexibility index (Phi) is 3.70. The van der Waals surface area contributed by atoms with Crippen molar-refractivity contribution in [1.82, 2.24) is 9.97 Å². The highest BCUT2D eigenvalue weighted by molar-refractivity contribution is 5.54. The molecule has 0 aliphatic carbocycles. The molecule has 0 saturated carbocycles. The zero-order valence-corrected chi connectivity index (χ0v) is 11.0. The Bertz CT molecular complexity index is 565. The van der Waals surface area contributed by atoms with Crippen LogP contribution in [0.4, 0.5) is 5.69 Å². The summed E-state index contributed by atoms with van der Waals surface area (Å²) < 4.78 is 15.7. The summed E-state index contributed by atoms with van der Waals surface area (Å²) in [6.07, 6.45) is 0. The zero-order chi connectivity index (χ0) is 13.8. The number of nitrogen functional groups attached to an aromatic ring is 1. The van der Waals surface area contributed by atoms with Gasteiger partial charge in [0, 0.05) is 0 Å². The summed E-state index contributed by atoms with van der Waals surface area (Å²) in [6.45, 7) is 1.94. The number of hydrogen-bond acceptors (Lipinski definition) is 6. The summed E-state index contributed by atoms with van der Waals surface area (Å²) in [6, 6.07) is 7.16. The van der Waals surface area contributed by atoms with E-state index in [1.54, 1.807) is 12.1 Å². The molecule has 0 radical (unpaired) electrons. The topological polar surface area (TPSA) is 79.5 Å². The van der Waals surface area contributed by atoms with Crippen LogP contribution in [-0.4, -0.2) is 24.2 Å². The smallest absolute Gasteiger partial charge is 0.328 e. The van der Waals surface area contributed by atoms with Crippen molar-refractivity contribution in [3.8, 4) is 23.5 Å². The summed E-state index contributed by atoms with van der Waals surface area (Å²) in [5.74, 6) is 1.21. The Morgan fingerprint density at radius 2 is 1.63 bits per heavy atom. The highest BCUT2D eigenvalue weighted by Gasteiger charge is 2.09. The lowest BCUT2D eigenvalue weighted by Crippen LogP contribution is -1.99. The van der Waals surface area contributed by atoms with E-state index in [1.807, 2.05) is 19.1 Å². The van der Waals surface area contributed by atoms with Crippen LogP contribution in [0.1, 0.15) is 5.56 Å². The maximum Gasteiger partial charge on any atom is 0.328 e. The first kappa shape index (κ1) is 12.9. The van der Waals surface area contributed by atoms with Crippen molar-refractivity contribution in [2.45, 2.75) is 6.92 Å². The Morgan fingerprint density at radius 1 is 1.00 bits per heavy atom. The van der Waals surface area contributed by atoms with Crippen LogP contribution in [0.15, 0.2) is 24.3 Å². The molecule has 100 valence electrons. The van der Waals surface area contributed by atoms with E-state index in [4.69, 9.17) is 19.9 Å². The number of nitrogens with zero attached hydrogens (tertiary/aromatic N) is 2. The second-order valence-corrected chi connectivity index (χ2v) is 3.88. The van der Waals surface area contributed by atoms with E-state index in [9.17, 15) is 0 Å². The van der Waals surface area contributed by atoms with Crippen LogP contribution in [-0.2, 0) is 0 Å². The van der Waals surface area contributed by atoms with Crippen LogP contribution in [0.25, 0.3) is 0 Å². The van der Waals surface area contributed by atoms with Crippen molar-refractivity contribution >= 4 is 5.69 Å². The van der Waals surface area contributed by atoms with Crippen LogP contribution in [0.5, 0.6) is 23.5 Å². The van der Waals surface area contributed by atoms with E-state index >= 15 is 0 Å². The van der Waals surface area contributed by atoms with Gasteiger partial charge in [0.25, 0.3) is 0 Å². The lowest BCUT2D eigenvalue weighted by Gasteiger charge is -2.09. The molecule has 0 saturated heterocycles. The fourth-order valence-electron chi connectivity index (χ4n) is 1.47. The molecule has 1 aromatic carbocycles. The van der Waals surface area contributed by atoms with Gasteiger partial charge < -0.3 is 19.9 Å². The Labute approximate surface area is 111 Å². The molecule has 0 spiro atoms. The molecule has 1 heterocycles. The number of hydrogen-bond donors (Lipinski definition) is 1. The van der Waals surface area contributed by atoms with E-state index < -0.39 is 0 Å². The van der Waals surface area contributed by atoms with Crippen LogP contribution in [0.2, 0.25) is 0 Å². The van der Waals surface area contributed by atoms with Gasteiger partial charge in [0.15, 0.2) is 5.75 Å². The van der Waals surface area contributed by atoms with Gasteiger partial charge >= 0.3 is 6.01 Å². The lowest BCUT2D eigenvalue weighted by atomic mass is 10.2. The molecular formula is C13H15N3O3. The molecule has 19 heavy (non-hydrogen) atoms. The summed E-state index contributed by atoms with van der Waals surface area (Å²) in [7, 11) is 3.01. The largest absolute Gasteiger partial charge is 0.481 e. The molecule has 6 nitrogen and oxygen atoms in total. The number of benzene rings is 1. The molecule has 0 fully saturated rings. The molecule has 2 rings (SSSR count). The number of nitrogens with two attached hydrogens (primary N) is 1. The Morgan fingerprint density at radius 3 is 2.21 bits per heavy atom. The molecule has 0 atom stereocenters. The maximum atomic E-state index is 5.84. The molecule has 1 aromatic heterocycles. The minimum absolute atomic E-state index is 0.119. The van der Waals surface area contributed by atoms with Crippen molar-refractivity contribution in [3.05, 3.63) is 29.8 Å². The fourth-order valence-corrected chi connectivity index (χ4v) is 1.47. The van der Waals surface area contributed by atoms with Gasteiger partial charge in [0.2, 0.25) is 11.8 Å². The minimum atomic E-state index is 0.119. The van der Waals surface area contributed by atoms with E-state index in [1.165, 1.54) is 14.2 Å². The second-order valence-electron chi connectivity index (χ2n) is 3.88. The first-order chi connectivity index (χ1) is 9.12. The van der Waals surface area contributed by atoms with Crippen molar-refractivity contribution in [2.75, 3.05) is 20.0 Å². The Balaban J connectivity index is 2.34. The van der Waals surface area contributed by atoms with E-state index in [0.29, 0.717) is 23.2 Å². The average Bonchev–Trinajstić information content (AvgIpc) is 2.42. The Hall–Kier alpha value is -2.50. The molecule has 0 unspecified atom stereocenters. The van der Waals surface area contributed by atoms with Gasteiger partial charge in [-0.05, 0) is 24.6 Å². The molecular weight excluding hydrogens is 246 g/mol. The number of rotatable bonds is 4. The molecule has 6 heteroatoms. The van der Waals surface area contributed by atoms with Gasteiger partial charge in [-0.15, -0.1) is 0 Å². The van der Waals surface area contributed by atoms with Gasteiger partial charge in [0.1, 0.15) is 0 Å². The van der Waals surface area contributed by atoms with Crippen molar-refractivity contribution < 1.29 is 14.2 Å². The number of aromatic nitrogens is 2. The second kappa shape index (κ2) is 5.43. The predicted molar refractivity (Wildman–Crippen MR) is 70.8 cm³/mol. The highest BCUT2D eigenvalue weighted by atomic mass is 16.5. The third kappa shape index (κ3) is 3.04. The number of anilines is 1. The molecule has 0 aliphatic rings. The van der Waals surface area contributed by atoms with E-state index in [-0.39, 0.29) is 6.01 Å². The number of aryl methyl sites for hydroxylation is 1. The monoisotopic (exact) mass is 261 g/mol. The van der Waals surface area contributed by atoms with Gasteiger partial charge in [-0.1, -0.05) is 6.07 Å². The molecule has 2 N–H and O–H groups in total. The van der Waals surface area contributed by atoms with Gasteiger partial charge in [-0.2, -0.15) is 9.97 Å². The van der Waals surface area contributed by atoms with Gasteiger partial charge in [-0.3, -0.25) is 0 Å². The molecule has 0 aliphatic heterocycles. The summed E-state index contributed by atoms with van der Waals surface area (Å²) in [4.78, 5) is 8.15. The van der Waals surface area contributed by atoms with Gasteiger partial charge in [-0.25, -0.2) is 0 Å². The van der Waals surface area contributed by atoms with E-state index in [2.05, 4.69) is 9.97 Å². The first-order valence-electron chi connectivity index (χ1n) is 5.63. The summed E-state index contributed by atoms with van der Waals surface area (Å²) >= 11 is 0. The SMILES string of the molecule is COc1cc(OC)nc(Oc2cc(C)ccc2N)n1. The third-order valence-corrected chi connectivity index (χ3v) is 2.45. The summed E-state index contributed by atoms with van der Waals surface area (Å²) in [5.41, 5.74) is 7.37. The van der Waals surface area contributed by atoms with Crippen LogP contribution in [0.3, 0.4) is 0 Å². The first-order valence-corrected chi connectivity index (χ1v) is 5.63. The van der Waals surface area contributed by atoms with Crippen LogP contribution in [0, 0.1) is 6.92 Å². The maximum absolute atomic E-state index is 5.84. The van der Waals surface area contributed by atoms with Crippen molar-refractivity contribution in [1.29, 1.82) is 0 Å². The van der Waals surface area contributed by atoms with Crippen LogP contribution >= 0.6 is 0 Å². The van der Waals surface area contributed by atoms with Crippen molar-refractivity contribution in [2.24, 2.45) is 0 Å². The quantitative estimate of drug-likeness (QED) is 0.850. The minimum Gasteiger partial charge on any atom is -0.481 e.